The van der Waals surface area contributed by atoms with Crippen molar-refractivity contribution >= 4 is 46.7 Å². The van der Waals surface area contributed by atoms with Gasteiger partial charge < -0.3 is 9.80 Å². The number of aromatic nitrogens is 2. The lowest BCUT2D eigenvalue weighted by Gasteiger charge is -2.43. The summed E-state index contributed by atoms with van der Waals surface area (Å²) in [6.45, 7) is 5.37. The Kier molecular flexibility index (Phi) is 6.98. The molecule has 3 heterocycles. The summed E-state index contributed by atoms with van der Waals surface area (Å²) in [5, 5.41) is 1.22. The van der Waals surface area contributed by atoms with Crippen LogP contribution in [0.1, 0.15) is 36.1 Å². The Hall–Kier alpha value is -1.60. The predicted octanol–water partition coefficient (Wildman–Crippen LogP) is 4.28. The number of amides is 1. The fourth-order valence-electron chi connectivity index (χ4n) is 4.90. The maximum atomic E-state index is 13.0. The van der Waals surface area contributed by atoms with Gasteiger partial charge in [0.15, 0.2) is 0 Å². The van der Waals surface area contributed by atoms with Crippen molar-refractivity contribution in [2.75, 3.05) is 44.2 Å². The lowest BCUT2D eigenvalue weighted by atomic mass is 9.91. The van der Waals surface area contributed by atoms with Crippen LogP contribution in [0.3, 0.4) is 0 Å². The largest absolute Gasteiger partial charge is 0.342 e. The van der Waals surface area contributed by atoms with Crippen molar-refractivity contribution in [1.29, 1.82) is 0 Å². The van der Waals surface area contributed by atoms with E-state index in [1.54, 1.807) is 12.1 Å². The SMILES string of the molecule is O=C(Cc1c(Cl)ccc(Cl)c1Cl)N1CCc2cnc(N3CCN(C4CCC4)CC3)nc2CC1. The summed E-state index contributed by atoms with van der Waals surface area (Å²) in [5.41, 5.74) is 2.76. The monoisotopic (exact) mass is 507 g/mol. The zero-order valence-corrected chi connectivity index (χ0v) is 20.8. The minimum absolute atomic E-state index is 0.00540. The van der Waals surface area contributed by atoms with E-state index in [-0.39, 0.29) is 12.3 Å². The first-order valence-electron chi connectivity index (χ1n) is 11.7. The second-order valence-electron chi connectivity index (χ2n) is 9.13. The highest BCUT2D eigenvalue weighted by Gasteiger charge is 2.29. The molecule has 0 bridgehead atoms. The number of hydrogen-bond acceptors (Lipinski definition) is 5. The van der Waals surface area contributed by atoms with Gasteiger partial charge in [0.05, 0.1) is 22.2 Å². The van der Waals surface area contributed by atoms with E-state index in [0.29, 0.717) is 33.7 Å². The highest BCUT2D eigenvalue weighted by atomic mass is 35.5. The van der Waals surface area contributed by atoms with Crippen molar-refractivity contribution in [2.45, 2.75) is 44.6 Å². The van der Waals surface area contributed by atoms with Gasteiger partial charge in [-0.25, -0.2) is 9.97 Å². The Bertz CT molecular complexity index is 1040. The van der Waals surface area contributed by atoms with Crippen molar-refractivity contribution in [2.24, 2.45) is 0 Å². The maximum Gasteiger partial charge on any atom is 0.227 e. The topological polar surface area (TPSA) is 52.6 Å². The molecule has 0 atom stereocenters. The molecule has 2 aromatic rings. The fraction of sp³-hybridized carbons (Fsp3) is 0.542. The zero-order valence-electron chi connectivity index (χ0n) is 18.6. The highest BCUT2D eigenvalue weighted by Crippen LogP contribution is 2.32. The normalized spacial score (nSPS) is 19.7. The molecule has 1 saturated heterocycles. The third kappa shape index (κ3) is 4.95. The van der Waals surface area contributed by atoms with E-state index in [2.05, 4.69) is 14.8 Å². The number of carbonyl (C=O) groups excluding carboxylic acids is 1. The van der Waals surface area contributed by atoms with Crippen molar-refractivity contribution < 1.29 is 4.79 Å². The quantitative estimate of drug-likeness (QED) is 0.577. The average Bonchev–Trinajstić information content (AvgIpc) is 3.01. The van der Waals surface area contributed by atoms with Gasteiger partial charge in [-0.3, -0.25) is 9.69 Å². The van der Waals surface area contributed by atoms with Crippen LogP contribution in [-0.4, -0.2) is 71.0 Å². The molecule has 1 saturated carbocycles. The molecule has 33 heavy (non-hydrogen) atoms. The van der Waals surface area contributed by atoms with E-state index in [9.17, 15) is 4.79 Å². The second-order valence-corrected chi connectivity index (χ2v) is 10.3. The molecule has 1 aromatic carbocycles. The molecule has 176 valence electrons. The van der Waals surface area contributed by atoms with Crippen molar-refractivity contribution in [3.8, 4) is 0 Å². The van der Waals surface area contributed by atoms with Gasteiger partial charge in [0.25, 0.3) is 0 Å². The first-order valence-corrected chi connectivity index (χ1v) is 12.9. The van der Waals surface area contributed by atoms with Gasteiger partial charge in [0, 0.05) is 68.5 Å². The van der Waals surface area contributed by atoms with Crippen LogP contribution in [0.15, 0.2) is 18.3 Å². The van der Waals surface area contributed by atoms with E-state index < -0.39 is 0 Å². The Morgan fingerprint density at radius 1 is 0.970 bits per heavy atom. The minimum Gasteiger partial charge on any atom is -0.342 e. The van der Waals surface area contributed by atoms with Gasteiger partial charge >= 0.3 is 0 Å². The molecule has 0 radical (unpaired) electrons. The number of rotatable bonds is 4. The lowest BCUT2D eigenvalue weighted by Crippen LogP contribution is -2.52. The van der Waals surface area contributed by atoms with E-state index >= 15 is 0 Å². The molecule has 1 amide bonds. The van der Waals surface area contributed by atoms with Crippen LogP contribution in [0, 0.1) is 0 Å². The van der Waals surface area contributed by atoms with Crippen molar-refractivity contribution in [1.82, 2.24) is 19.8 Å². The second kappa shape index (κ2) is 9.95. The Labute approximate surface area is 209 Å². The van der Waals surface area contributed by atoms with Gasteiger partial charge in [0.2, 0.25) is 11.9 Å². The molecule has 5 rings (SSSR count). The summed E-state index contributed by atoms with van der Waals surface area (Å²) in [4.78, 5) is 29.4. The first kappa shape index (κ1) is 23.2. The molecule has 0 spiro atoms. The molecule has 0 N–H and O–H groups in total. The molecule has 3 aliphatic rings. The lowest BCUT2D eigenvalue weighted by molar-refractivity contribution is -0.130. The summed E-state index contributed by atoms with van der Waals surface area (Å²) in [7, 11) is 0. The number of benzene rings is 1. The molecule has 6 nitrogen and oxygen atoms in total. The van der Waals surface area contributed by atoms with Crippen molar-refractivity contribution in [3.05, 3.63) is 50.2 Å². The number of fused-ring (bicyclic) bond motifs is 1. The number of hydrogen-bond donors (Lipinski definition) is 0. The van der Waals surface area contributed by atoms with Crippen LogP contribution >= 0.6 is 34.8 Å². The molecular formula is C24H28Cl3N5O. The summed E-state index contributed by atoms with van der Waals surface area (Å²) >= 11 is 18.7. The molecule has 9 heteroatoms. The smallest absolute Gasteiger partial charge is 0.227 e. The Morgan fingerprint density at radius 2 is 1.70 bits per heavy atom. The van der Waals surface area contributed by atoms with Crippen LogP contribution in [0.25, 0.3) is 0 Å². The van der Waals surface area contributed by atoms with Gasteiger partial charge in [-0.15, -0.1) is 0 Å². The Morgan fingerprint density at radius 3 is 2.42 bits per heavy atom. The van der Waals surface area contributed by atoms with Gasteiger partial charge in [-0.2, -0.15) is 0 Å². The van der Waals surface area contributed by atoms with E-state index in [0.717, 1.165) is 62.3 Å². The van der Waals surface area contributed by atoms with Crippen LogP contribution in [-0.2, 0) is 24.1 Å². The molecule has 2 fully saturated rings. The Balaban J connectivity index is 1.22. The van der Waals surface area contributed by atoms with Crippen LogP contribution in [0.4, 0.5) is 5.95 Å². The molecule has 2 aliphatic heterocycles. The third-order valence-electron chi connectivity index (χ3n) is 7.22. The van der Waals surface area contributed by atoms with E-state index in [1.807, 2.05) is 11.1 Å². The standard InChI is InChI=1S/C24H28Cl3N5O/c25-19-4-5-20(26)23(27)18(19)14-22(33)31-8-6-16-15-28-24(29-21(16)7-9-31)32-12-10-30(11-13-32)17-2-1-3-17/h4-5,15,17H,1-3,6-14H2. The first-order chi connectivity index (χ1) is 16.0. The minimum atomic E-state index is -0.00540. The van der Waals surface area contributed by atoms with E-state index in [1.165, 1.54) is 19.3 Å². The van der Waals surface area contributed by atoms with Gasteiger partial charge in [-0.05, 0) is 37.0 Å². The van der Waals surface area contributed by atoms with Crippen LogP contribution in [0.2, 0.25) is 15.1 Å². The van der Waals surface area contributed by atoms with Gasteiger partial charge in [0.1, 0.15) is 0 Å². The zero-order chi connectivity index (χ0) is 22.9. The highest BCUT2D eigenvalue weighted by molar-refractivity contribution is 6.44. The van der Waals surface area contributed by atoms with E-state index in [4.69, 9.17) is 39.8 Å². The average molecular weight is 509 g/mol. The molecule has 0 unspecified atom stereocenters. The number of anilines is 1. The summed E-state index contributed by atoms with van der Waals surface area (Å²) < 4.78 is 0. The predicted molar refractivity (Wildman–Crippen MR) is 133 cm³/mol. The van der Waals surface area contributed by atoms with Crippen LogP contribution < -0.4 is 4.90 Å². The maximum absolute atomic E-state index is 13.0. The number of halogens is 3. The number of nitrogens with zero attached hydrogens (tertiary/aromatic N) is 5. The summed E-state index contributed by atoms with van der Waals surface area (Å²) in [6, 6.07) is 4.12. The van der Waals surface area contributed by atoms with Gasteiger partial charge in [-0.1, -0.05) is 41.2 Å². The third-order valence-corrected chi connectivity index (χ3v) is 8.42. The fourth-order valence-corrected chi connectivity index (χ4v) is 5.58. The molecular weight excluding hydrogens is 481 g/mol. The summed E-state index contributed by atoms with van der Waals surface area (Å²) in [6.07, 6.45) is 7.62. The molecule has 1 aliphatic carbocycles. The summed E-state index contributed by atoms with van der Waals surface area (Å²) in [5.74, 6) is 0.813. The van der Waals surface area contributed by atoms with Crippen molar-refractivity contribution in [3.63, 3.8) is 0 Å². The number of piperazine rings is 1. The van der Waals surface area contributed by atoms with Crippen LogP contribution in [0.5, 0.6) is 0 Å². The number of carbonyl (C=O) groups is 1. The molecule has 1 aromatic heterocycles.